The molecule has 0 radical (unpaired) electrons. The standard InChI is InChI=1S/C9H17N5O/c1-6-8(7(2)14-13-6)5-11-3-4-12-9(10)15/h11H,3-5H2,1-2H3,(H,13,14)(H3,10,12,15). The third kappa shape index (κ3) is 3.59. The summed E-state index contributed by atoms with van der Waals surface area (Å²) in [6, 6.07) is -0.493. The molecule has 6 heteroatoms. The number of nitrogens with one attached hydrogen (secondary N) is 3. The number of H-pyrrole nitrogens is 1. The number of nitrogens with two attached hydrogens (primary N) is 1. The zero-order valence-corrected chi connectivity index (χ0v) is 9.05. The van der Waals surface area contributed by atoms with Crippen molar-refractivity contribution in [3.63, 3.8) is 0 Å². The van der Waals surface area contributed by atoms with Crippen LogP contribution >= 0.6 is 0 Å². The molecule has 0 saturated heterocycles. The predicted octanol–water partition coefficient (Wildman–Crippen LogP) is -0.216. The van der Waals surface area contributed by atoms with Gasteiger partial charge in [-0.2, -0.15) is 5.10 Å². The number of rotatable bonds is 5. The first kappa shape index (κ1) is 11.5. The highest BCUT2D eigenvalue weighted by molar-refractivity contribution is 5.71. The number of primary amides is 1. The van der Waals surface area contributed by atoms with Gasteiger partial charge in [-0.1, -0.05) is 0 Å². The molecule has 0 atom stereocenters. The Balaban J connectivity index is 2.23. The molecule has 6 nitrogen and oxygen atoms in total. The molecule has 1 heterocycles. The van der Waals surface area contributed by atoms with Crippen molar-refractivity contribution in [2.45, 2.75) is 20.4 Å². The Morgan fingerprint density at radius 2 is 2.20 bits per heavy atom. The summed E-state index contributed by atoms with van der Waals surface area (Å²) < 4.78 is 0. The maximum absolute atomic E-state index is 10.4. The van der Waals surface area contributed by atoms with Crippen LogP contribution in [0, 0.1) is 13.8 Å². The van der Waals surface area contributed by atoms with Crippen molar-refractivity contribution in [1.29, 1.82) is 0 Å². The van der Waals surface area contributed by atoms with Crippen LogP contribution in [0.25, 0.3) is 0 Å². The van der Waals surface area contributed by atoms with Gasteiger partial charge in [0.25, 0.3) is 0 Å². The lowest BCUT2D eigenvalue weighted by Crippen LogP contribution is -2.35. The number of urea groups is 1. The van der Waals surface area contributed by atoms with Gasteiger partial charge in [0.1, 0.15) is 0 Å². The van der Waals surface area contributed by atoms with Crippen molar-refractivity contribution in [2.75, 3.05) is 13.1 Å². The number of carbonyl (C=O) groups is 1. The second-order valence-electron chi connectivity index (χ2n) is 3.38. The van der Waals surface area contributed by atoms with Crippen LogP contribution in [-0.2, 0) is 6.54 Å². The average molecular weight is 211 g/mol. The van der Waals surface area contributed by atoms with Crippen LogP contribution in [-0.4, -0.2) is 29.3 Å². The summed E-state index contributed by atoms with van der Waals surface area (Å²) >= 11 is 0. The number of aryl methyl sites for hydroxylation is 2. The summed E-state index contributed by atoms with van der Waals surface area (Å²) in [6.45, 7) is 5.91. The molecule has 0 saturated carbocycles. The van der Waals surface area contributed by atoms with Gasteiger partial charge in [0, 0.05) is 30.9 Å². The molecule has 1 aromatic heterocycles. The SMILES string of the molecule is Cc1n[nH]c(C)c1CNCCNC(N)=O. The fourth-order valence-corrected chi connectivity index (χ4v) is 1.32. The summed E-state index contributed by atoms with van der Waals surface area (Å²) in [5.41, 5.74) is 8.17. The van der Waals surface area contributed by atoms with Gasteiger partial charge < -0.3 is 16.4 Å². The van der Waals surface area contributed by atoms with E-state index in [1.54, 1.807) is 0 Å². The molecule has 1 rings (SSSR count). The molecule has 0 aromatic carbocycles. The summed E-state index contributed by atoms with van der Waals surface area (Å²) in [6.07, 6.45) is 0. The smallest absolute Gasteiger partial charge is 0.312 e. The quantitative estimate of drug-likeness (QED) is 0.507. The van der Waals surface area contributed by atoms with E-state index in [1.807, 2.05) is 13.8 Å². The first-order valence-corrected chi connectivity index (χ1v) is 4.85. The zero-order valence-electron chi connectivity index (χ0n) is 9.05. The highest BCUT2D eigenvalue weighted by Gasteiger charge is 2.04. The van der Waals surface area contributed by atoms with Gasteiger partial charge in [-0.25, -0.2) is 4.79 Å². The Morgan fingerprint density at radius 1 is 1.47 bits per heavy atom. The fraction of sp³-hybridized carbons (Fsp3) is 0.556. The van der Waals surface area contributed by atoms with E-state index in [2.05, 4.69) is 20.8 Å². The topological polar surface area (TPSA) is 95.8 Å². The van der Waals surface area contributed by atoms with Gasteiger partial charge in [-0.05, 0) is 13.8 Å². The summed E-state index contributed by atoms with van der Waals surface area (Å²) in [4.78, 5) is 10.4. The Bertz CT molecular complexity index is 314. The number of hydrogen-bond acceptors (Lipinski definition) is 3. The lowest BCUT2D eigenvalue weighted by Gasteiger charge is -2.05. The largest absolute Gasteiger partial charge is 0.352 e. The second kappa shape index (κ2) is 5.35. The van der Waals surface area contributed by atoms with Crippen LogP contribution in [0.2, 0.25) is 0 Å². The number of nitrogens with zero attached hydrogens (tertiary/aromatic N) is 1. The first-order chi connectivity index (χ1) is 7.11. The van der Waals surface area contributed by atoms with Crippen LogP contribution < -0.4 is 16.4 Å². The lowest BCUT2D eigenvalue weighted by molar-refractivity contribution is 0.249. The van der Waals surface area contributed by atoms with E-state index in [1.165, 1.54) is 5.56 Å². The van der Waals surface area contributed by atoms with Crippen molar-refractivity contribution in [3.8, 4) is 0 Å². The van der Waals surface area contributed by atoms with Crippen molar-refractivity contribution < 1.29 is 4.79 Å². The Kier molecular flexibility index (Phi) is 4.11. The molecule has 0 bridgehead atoms. The van der Waals surface area contributed by atoms with E-state index < -0.39 is 6.03 Å². The molecule has 0 aliphatic heterocycles. The number of amides is 2. The van der Waals surface area contributed by atoms with Gasteiger partial charge >= 0.3 is 6.03 Å². The van der Waals surface area contributed by atoms with Crippen LogP contribution in [0.15, 0.2) is 0 Å². The number of carbonyl (C=O) groups excluding carboxylic acids is 1. The summed E-state index contributed by atoms with van der Waals surface area (Å²) in [5, 5.41) is 12.7. The van der Waals surface area contributed by atoms with Gasteiger partial charge in [-0.15, -0.1) is 0 Å². The highest BCUT2D eigenvalue weighted by atomic mass is 16.2. The van der Waals surface area contributed by atoms with Crippen LogP contribution in [0.4, 0.5) is 4.79 Å². The molecule has 5 N–H and O–H groups in total. The monoisotopic (exact) mass is 211 g/mol. The lowest BCUT2D eigenvalue weighted by atomic mass is 10.2. The van der Waals surface area contributed by atoms with Crippen LogP contribution in [0.5, 0.6) is 0 Å². The molecule has 0 aliphatic rings. The van der Waals surface area contributed by atoms with Gasteiger partial charge in [0.2, 0.25) is 0 Å². The van der Waals surface area contributed by atoms with Crippen molar-refractivity contribution in [1.82, 2.24) is 20.8 Å². The molecule has 0 fully saturated rings. The molecule has 15 heavy (non-hydrogen) atoms. The number of hydrogen-bond donors (Lipinski definition) is 4. The molecular weight excluding hydrogens is 194 g/mol. The molecule has 0 aliphatic carbocycles. The second-order valence-corrected chi connectivity index (χ2v) is 3.38. The van der Waals surface area contributed by atoms with Gasteiger partial charge in [0.05, 0.1) is 5.69 Å². The summed E-state index contributed by atoms with van der Waals surface area (Å²) in [5.74, 6) is 0. The average Bonchev–Trinajstić information content (AvgIpc) is 2.47. The maximum Gasteiger partial charge on any atom is 0.312 e. The number of aromatic amines is 1. The minimum Gasteiger partial charge on any atom is -0.352 e. The van der Waals surface area contributed by atoms with E-state index in [0.717, 1.165) is 17.9 Å². The zero-order chi connectivity index (χ0) is 11.3. The van der Waals surface area contributed by atoms with E-state index >= 15 is 0 Å². The van der Waals surface area contributed by atoms with Crippen molar-refractivity contribution in [2.24, 2.45) is 5.73 Å². The normalized spacial score (nSPS) is 10.3. The van der Waals surface area contributed by atoms with Gasteiger partial charge in [-0.3, -0.25) is 5.10 Å². The molecule has 0 spiro atoms. The highest BCUT2D eigenvalue weighted by Crippen LogP contribution is 2.07. The van der Waals surface area contributed by atoms with E-state index in [-0.39, 0.29) is 0 Å². The summed E-state index contributed by atoms with van der Waals surface area (Å²) in [7, 11) is 0. The maximum atomic E-state index is 10.4. The Morgan fingerprint density at radius 3 is 2.73 bits per heavy atom. The van der Waals surface area contributed by atoms with Gasteiger partial charge in [0.15, 0.2) is 0 Å². The third-order valence-corrected chi connectivity index (χ3v) is 2.18. The molecular formula is C9H17N5O. The van der Waals surface area contributed by atoms with Crippen molar-refractivity contribution in [3.05, 3.63) is 17.0 Å². The third-order valence-electron chi connectivity index (χ3n) is 2.18. The van der Waals surface area contributed by atoms with E-state index in [4.69, 9.17) is 5.73 Å². The molecule has 84 valence electrons. The van der Waals surface area contributed by atoms with Crippen molar-refractivity contribution >= 4 is 6.03 Å². The van der Waals surface area contributed by atoms with Crippen LogP contribution in [0.3, 0.4) is 0 Å². The Labute approximate surface area is 88.6 Å². The molecule has 0 unspecified atom stereocenters. The number of aromatic nitrogens is 2. The molecule has 1 aromatic rings. The van der Waals surface area contributed by atoms with E-state index in [9.17, 15) is 4.79 Å². The Hall–Kier alpha value is -1.56. The predicted molar refractivity (Wildman–Crippen MR) is 57.4 cm³/mol. The fourth-order valence-electron chi connectivity index (χ4n) is 1.32. The van der Waals surface area contributed by atoms with Crippen LogP contribution in [0.1, 0.15) is 17.0 Å². The minimum atomic E-state index is -0.493. The molecule has 2 amide bonds. The van der Waals surface area contributed by atoms with E-state index in [0.29, 0.717) is 13.1 Å². The first-order valence-electron chi connectivity index (χ1n) is 4.85. The minimum absolute atomic E-state index is 0.493.